The quantitative estimate of drug-likeness (QED) is 0.874. The van der Waals surface area contributed by atoms with E-state index in [4.69, 9.17) is 27.9 Å². The van der Waals surface area contributed by atoms with Gasteiger partial charge in [0.25, 0.3) is 0 Å². The van der Waals surface area contributed by atoms with E-state index in [0.717, 1.165) is 42.9 Å². The van der Waals surface area contributed by atoms with Crippen LogP contribution in [0, 0.1) is 5.92 Å². The van der Waals surface area contributed by atoms with Gasteiger partial charge in [-0.15, -0.1) is 0 Å². The van der Waals surface area contributed by atoms with Crippen LogP contribution in [0.25, 0.3) is 0 Å². The Labute approximate surface area is 133 Å². The molecule has 2 heterocycles. The number of halogens is 2. The molecule has 3 atom stereocenters. The fourth-order valence-electron chi connectivity index (χ4n) is 3.19. The second kappa shape index (κ2) is 6.05. The van der Waals surface area contributed by atoms with Gasteiger partial charge >= 0.3 is 0 Å². The molecule has 3 unspecified atom stereocenters. The van der Waals surface area contributed by atoms with Crippen molar-refractivity contribution in [3.63, 3.8) is 0 Å². The molecule has 0 saturated carbocycles. The van der Waals surface area contributed by atoms with Crippen LogP contribution in [0.2, 0.25) is 10.0 Å². The number of thioether (sulfide) groups is 1. The Kier molecular flexibility index (Phi) is 4.54. The summed E-state index contributed by atoms with van der Waals surface area (Å²) in [5, 5.41) is 11.8. The Balaban J connectivity index is 1.77. The lowest BCUT2D eigenvalue weighted by atomic mass is 9.80. The molecule has 5 heteroatoms. The maximum Gasteiger partial charge on any atom is 0.0834 e. The summed E-state index contributed by atoms with van der Waals surface area (Å²) in [4.78, 5) is 0. The summed E-state index contributed by atoms with van der Waals surface area (Å²) in [6.45, 7) is 0.730. The highest BCUT2D eigenvalue weighted by Gasteiger charge is 2.42. The van der Waals surface area contributed by atoms with Crippen molar-refractivity contribution in [2.45, 2.75) is 31.0 Å². The molecule has 2 saturated heterocycles. The minimum absolute atomic E-state index is 0.0204. The molecule has 1 aromatic rings. The lowest BCUT2D eigenvalue weighted by Gasteiger charge is -2.39. The lowest BCUT2D eigenvalue weighted by molar-refractivity contribution is -0.102. The van der Waals surface area contributed by atoms with Gasteiger partial charge in [0.1, 0.15) is 0 Å². The highest BCUT2D eigenvalue weighted by molar-refractivity contribution is 7.99. The topological polar surface area (TPSA) is 29.5 Å². The summed E-state index contributed by atoms with van der Waals surface area (Å²) in [6.07, 6.45) is 2.35. The third-order valence-corrected chi connectivity index (χ3v) is 6.11. The zero-order valence-corrected chi connectivity index (χ0v) is 13.5. The van der Waals surface area contributed by atoms with Crippen LogP contribution in [-0.2, 0) is 4.74 Å². The minimum atomic E-state index is -0.536. The largest absolute Gasteiger partial charge is 0.388 e. The van der Waals surface area contributed by atoms with Crippen LogP contribution in [-0.4, -0.2) is 28.8 Å². The van der Waals surface area contributed by atoms with E-state index in [1.54, 1.807) is 12.1 Å². The molecular formula is C15H18Cl2O2S. The smallest absolute Gasteiger partial charge is 0.0834 e. The molecule has 1 spiro atoms. The molecule has 20 heavy (non-hydrogen) atoms. The van der Waals surface area contributed by atoms with Crippen molar-refractivity contribution in [1.82, 2.24) is 0 Å². The number of aliphatic hydroxyl groups is 1. The molecule has 1 aromatic carbocycles. The summed E-state index contributed by atoms with van der Waals surface area (Å²) < 4.78 is 6.01. The number of rotatable bonds is 2. The molecule has 3 rings (SSSR count). The average molecular weight is 333 g/mol. The second-order valence-corrected chi connectivity index (χ2v) is 7.65. The Morgan fingerprint density at radius 1 is 1.40 bits per heavy atom. The van der Waals surface area contributed by atoms with Gasteiger partial charge in [-0.3, -0.25) is 0 Å². The third-order valence-electron chi connectivity index (χ3n) is 4.33. The Hall–Kier alpha value is 0.0700. The number of hydrogen-bond acceptors (Lipinski definition) is 3. The van der Waals surface area contributed by atoms with Crippen molar-refractivity contribution in [3.05, 3.63) is 33.8 Å². The fourth-order valence-corrected chi connectivity index (χ4v) is 5.09. The van der Waals surface area contributed by atoms with Gasteiger partial charge in [0, 0.05) is 22.4 Å². The Bertz CT molecular complexity index is 489. The van der Waals surface area contributed by atoms with E-state index in [1.807, 2.05) is 17.8 Å². The predicted molar refractivity (Wildman–Crippen MR) is 84.8 cm³/mol. The summed E-state index contributed by atoms with van der Waals surface area (Å²) in [5.41, 5.74) is 0.761. The summed E-state index contributed by atoms with van der Waals surface area (Å²) in [6, 6.07) is 5.32. The lowest BCUT2D eigenvalue weighted by Crippen LogP contribution is -2.41. The van der Waals surface area contributed by atoms with Crippen molar-refractivity contribution in [1.29, 1.82) is 0 Å². The van der Waals surface area contributed by atoms with Crippen molar-refractivity contribution >= 4 is 35.0 Å². The molecule has 110 valence electrons. The summed E-state index contributed by atoms with van der Waals surface area (Å²) in [5.74, 6) is 2.41. The van der Waals surface area contributed by atoms with E-state index in [9.17, 15) is 5.11 Å². The third kappa shape index (κ3) is 2.97. The average Bonchev–Trinajstić information content (AvgIpc) is 2.86. The monoisotopic (exact) mass is 332 g/mol. The van der Waals surface area contributed by atoms with Crippen LogP contribution in [0.3, 0.4) is 0 Å². The van der Waals surface area contributed by atoms with Crippen LogP contribution in [0.15, 0.2) is 18.2 Å². The normalized spacial score (nSPS) is 31.6. The Morgan fingerprint density at radius 3 is 2.95 bits per heavy atom. The van der Waals surface area contributed by atoms with Crippen molar-refractivity contribution < 1.29 is 9.84 Å². The molecule has 2 aliphatic rings. The first-order chi connectivity index (χ1) is 9.60. The summed E-state index contributed by atoms with van der Waals surface area (Å²) >= 11 is 14.1. The van der Waals surface area contributed by atoms with E-state index < -0.39 is 6.10 Å². The van der Waals surface area contributed by atoms with E-state index in [0.29, 0.717) is 10.0 Å². The first kappa shape index (κ1) is 15.0. The maximum absolute atomic E-state index is 10.7. The van der Waals surface area contributed by atoms with Gasteiger partial charge in [0.15, 0.2) is 0 Å². The molecule has 2 aliphatic heterocycles. The summed E-state index contributed by atoms with van der Waals surface area (Å²) in [7, 11) is 0. The number of ether oxygens (including phenoxy) is 1. The van der Waals surface area contributed by atoms with Crippen LogP contribution in [0.1, 0.15) is 30.9 Å². The van der Waals surface area contributed by atoms with Gasteiger partial charge < -0.3 is 9.84 Å². The number of hydrogen-bond donors (Lipinski definition) is 1. The van der Waals surface area contributed by atoms with Crippen LogP contribution in [0.5, 0.6) is 0 Å². The number of benzene rings is 1. The molecule has 0 amide bonds. The van der Waals surface area contributed by atoms with Crippen molar-refractivity contribution in [2.24, 2.45) is 5.92 Å². The van der Waals surface area contributed by atoms with Gasteiger partial charge in [-0.1, -0.05) is 29.3 Å². The van der Waals surface area contributed by atoms with Crippen molar-refractivity contribution in [3.8, 4) is 0 Å². The maximum atomic E-state index is 10.7. The van der Waals surface area contributed by atoms with Crippen LogP contribution >= 0.6 is 35.0 Å². The van der Waals surface area contributed by atoms with E-state index in [1.165, 1.54) is 0 Å². The fraction of sp³-hybridized carbons (Fsp3) is 0.600. The molecule has 0 radical (unpaired) electrons. The van der Waals surface area contributed by atoms with Crippen LogP contribution < -0.4 is 0 Å². The SMILES string of the molecule is OC(c1ccc(Cl)cc1Cl)C1CCOC2(CCSC2)C1. The highest BCUT2D eigenvalue weighted by atomic mass is 35.5. The van der Waals surface area contributed by atoms with Crippen molar-refractivity contribution in [2.75, 3.05) is 18.1 Å². The Morgan fingerprint density at radius 2 is 2.25 bits per heavy atom. The first-order valence-electron chi connectivity index (χ1n) is 6.94. The molecule has 2 nitrogen and oxygen atoms in total. The molecule has 0 aliphatic carbocycles. The molecule has 0 aromatic heterocycles. The van der Waals surface area contributed by atoms with Gasteiger partial charge in [0.2, 0.25) is 0 Å². The van der Waals surface area contributed by atoms with Gasteiger partial charge in [-0.05, 0) is 48.6 Å². The molecular weight excluding hydrogens is 315 g/mol. The van der Waals surface area contributed by atoms with Gasteiger partial charge in [-0.25, -0.2) is 0 Å². The standard InChI is InChI=1S/C15H18Cl2O2S/c16-11-1-2-12(13(17)7-11)14(18)10-3-5-19-15(8-10)4-6-20-9-15/h1-2,7,10,14,18H,3-6,8-9H2. The van der Waals surface area contributed by atoms with E-state index in [-0.39, 0.29) is 11.5 Å². The van der Waals surface area contributed by atoms with E-state index in [2.05, 4.69) is 0 Å². The van der Waals surface area contributed by atoms with Gasteiger partial charge in [-0.2, -0.15) is 11.8 Å². The van der Waals surface area contributed by atoms with E-state index >= 15 is 0 Å². The molecule has 0 bridgehead atoms. The second-order valence-electron chi connectivity index (χ2n) is 5.70. The molecule has 1 N–H and O–H groups in total. The first-order valence-corrected chi connectivity index (χ1v) is 8.85. The van der Waals surface area contributed by atoms with Crippen LogP contribution in [0.4, 0.5) is 0 Å². The predicted octanol–water partition coefficient (Wildman–Crippen LogP) is 4.33. The minimum Gasteiger partial charge on any atom is -0.388 e. The highest BCUT2D eigenvalue weighted by Crippen LogP contribution is 2.44. The zero-order valence-electron chi connectivity index (χ0n) is 11.1. The van der Waals surface area contributed by atoms with Gasteiger partial charge in [0.05, 0.1) is 11.7 Å². The molecule has 2 fully saturated rings. The zero-order chi connectivity index (χ0) is 14.2. The number of aliphatic hydroxyl groups excluding tert-OH is 1.